The van der Waals surface area contributed by atoms with E-state index in [9.17, 15) is 0 Å². The fourth-order valence-electron chi connectivity index (χ4n) is 3.71. The van der Waals surface area contributed by atoms with Gasteiger partial charge in [0.05, 0.1) is 10.9 Å². The Bertz CT molecular complexity index is 974. The highest BCUT2D eigenvalue weighted by atomic mass is 15.4. The molecule has 0 fully saturated rings. The summed E-state index contributed by atoms with van der Waals surface area (Å²) >= 11 is 0. The van der Waals surface area contributed by atoms with Crippen molar-refractivity contribution in [3.8, 4) is 11.3 Å². The number of rotatable bonds is 2. The van der Waals surface area contributed by atoms with E-state index in [1.54, 1.807) is 0 Å². The van der Waals surface area contributed by atoms with Crippen molar-refractivity contribution in [2.24, 2.45) is 7.05 Å². The third-order valence-electron chi connectivity index (χ3n) is 5.34. The summed E-state index contributed by atoms with van der Waals surface area (Å²) in [7, 11) is 4.24. The monoisotopic (exact) mass is 330 g/mol. The van der Waals surface area contributed by atoms with E-state index < -0.39 is 0 Å². The highest BCUT2D eigenvalue weighted by molar-refractivity contribution is 5.94. The molecule has 0 N–H and O–H groups in total. The maximum absolute atomic E-state index is 2.34. The number of nitrogens with zero attached hydrogens (tertiary/aromatic N) is 3. The maximum Gasteiger partial charge on any atom is 0.220 e. The minimum absolute atomic E-state index is 0.329. The molecule has 2 aromatic carbocycles. The molecule has 0 spiro atoms. The van der Waals surface area contributed by atoms with Gasteiger partial charge in [-0.2, -0.15) is 0 Å². The molecule has 0 radical (unpaired) electrons. The molecule has 0 saturated carbocycles. The van der Waals surface area contributed by atoms with Crippen LogP contribution in [0.2, 0.25) is 0 Å². The van der Waals surface area contributed by atoms with Gasteiger partial charge in [0.15, 0.2) is 6.20 Å². The van der Waals surface area contributed by atoms with Gasteiger partial charge in [0.2, 0.25) is 5.69 Å². The quantitative estimate of drug-likeness (QED) is 0.652. The smallest absolute Gasteiger partial charge is 0.220 e. The molecule has 0 aliphatic carbocycles. The van der Waals surface area contributed by atoms with Gasteiger partial charge in [0.1, 0.15) is 13.2 Å². The molecule has 25 heavy (non-hydrogen) atoms. The Balaban J connectivity index is 1.93. The largest absolute Gasteiger partial charge is 0.359 e. The molecular formula is C22H24N3+. The van der Waals surface area contributed by atoms with Gasteiger partial charge in [-0.1, -0.05) is 24.3 Å². The molecule has 0 saturated heterocycles. The van der Waals surface area contributed by atoms with Gasteiger partial charge in [-0.25, -0.2) is 4.57 Å². The van der Waals surface area contributed by atoms with Crippen molar-refractivity contribution in [1.29, 1.82) is 0 Å². The van der Waals surface area contributed by atoms with Crippen molar-refractivity contribution in [2.75, 3.05) is 11.9 Å². The first-order valence-electron chi connectivity index (χ1n) is 8.74. The van der Waals surface area contributed by atoms with E-state index in [2.05, 4.69) is 109 Å². The molecule has 1 atom stereocenters. The Labute approximate surface area is 149 Å². The molecule has 1 aliphatic heterocycles. The number of pyridine rings is 1. The number of hydrogen-bond acceptors (Lipinski definition) is 2. The summed E-state index contributed by atoms with van der Waals surface area (Å²) in [4.78, 5) is 4.56. The van der Waals surface area contributed by atoms with Crippen LogP contribution in [0.15, 0.2) is 67.1 Å². The highest BCUT2D eigenvalue weighted by Crippen LogP contribution is 2.34. The van der Waals surface area contributed by atoms with Gasteiger partial charge in [-0.3, -0.25) is 0 Å². The lowest BCUT2D eigenvalue weighted by atomic mass is 9.98. The summed E-state index contributed by atoms with van der Waals surface area (Å²) in [5, 5.41) is 2.56. The summed E-state index contributed by atoms with van der Waals surface area (Å²) < 4.78 is 2.23. The van der Waals surface area contributed by atoms with Crippen LogP contribution in [0.3, 0.4) is 0 Å². The molecule has 4 rings (SSSR count). The topological polar surface area (TPSA) is 10.4 Å². The number of fused-ring (bicyclic) bond motifs is 1. The van der Waals surface area contributed by atoms with Gasteiger partial charge in [0, 0.05) is 31.2 Å². The second-order valence-corrected chi connectivity index (χ2v) is 6.81. The van der Waals surface area contributed by atoms with Gasteiger partial charge >= 0.3 is 0 Å². The zero-order valence-corrected chi connectivity index (χ0v) is 15.3. The van der Waals surface area contributed by atoms with Gasteiger partial charge in [0.25, 0.3) is 0 Å². The van der Waals surface area contributed by atoms with Crippen molar-refractivity contribution < 1.29 is 4.57 Å². The molecular weight excluding hydrogens is 306 g/mol. The van der Waals surface area contributed by atoms with E-state index in [0.29, 0.717) is 6.17 Å². The normalized spacial score (nSPS) is 16.9. The van der Waals surface area contributed by atoms with E-state index in [1.165, 1.54) is 33.3 Å². The van der Waals surface area contributed by atoms with E-state index in [1.807, 2.05) is 0 Å². The Kier molecular flexibility index (Phi) is 3.72. The third kappa shape index (κ3) is 2.47. The van der Waals surface area contributed by atoms with Crippen molar-refractivity contribution in [2.45, 2.75) is 20.0 Å². The molecule has 126 valence electrons. The van der Waals surface area contributed by atoms with Gasteiger partial charge < -0.3 is 9.80 Å². The van der Waals surface area contributed by atoms with Crippen molar-refractivity contribution in [3.05, 3.63) is 72.7 Å². The van der Waals surface area contributed by atoms with E-state index in [4.69, 9.17) is 0 Å². The van der Waals surface area contributed by atoms with Crippen molar-refractivity contribution in [3.63, 3.8) is 0 Å². The van der Waals surface area contributed by atoms with E-state index in [0.717, 1.165) is 0 Å². The van der Waals surface area contributed by atoms with Crippen LogP contribution in [0.4, 0.5) is 5.69 Å². The molecule has 2 heterocycles. The Hall–Kier alpha value is -2.81. The zero-order valence-electron chi connectivity index (χ0n) is 15.3. The average molecular weight is 330 g/mol. The van der Waals surface area contributed by atoms with Crippen molar-refractivity contribution in [1.82, 2.24) is 4.90 Å². The molecule has 0 bridgehead atoms. The lowest BCUT2D eigenvalue weighted by Gasteiger charge is -2.28. The predicted octanol–water partition coefficient (Wildman–Crippen LogP) is 4.21. The highest BCUT2D eigenvalue weighted by Gasteiger charge is 2.24. The van der Waals surface area contributed by atoms with Crippen LogP contribution in [0.5, 0.6) is 0 Å². The number of hydrogen-bond donors (Lipinski definition) is 0. The molecule has 1 aromatic heterocycles. The number of aryl methyl sites for hydroxylation is 1. The summed E-state index contributed by atoms with van der Waals surface area (Å²) in [6.45, 7) is 4.45. The first kappa shape index (κ1) is 15.7. The summed E-state index contributed by atoms with van der Waals surface area (Å²) in [5.74, 6) is 0. The fraction of sp³-hybridized carbons (Fsp3) is 0.227. The SMILES string of the molecule is Cc1c(-c2c3ccccc3cc[n+]2C)cccc1N1C=CN(C)[C@H]1C. The van der Waals surface area contributed by atoms with Crippen LogP contribution >= 0.6 is 0 Å². The number of anilines is 1. The molecule has 0 amide bonds. The average Bonchev–Trinajstić information content (AvgIpc) is 2.95. The molecule has 3 heteroatoms. The fourth-order valence-corrected chi connectivity index (χ4v) is 3.71. The van der Waals surface area contributed by atoms with Crippen LogP contribution in [0.25, 0.3) is 22.0 Å². The zero-order chi connectivity index (χ0) is 17.6. The minimum Gasteiger partial charge on any atom is -0.359 e. The standard InChI is InChI=1S/C22H24N3/c1-16-19(10-7-11-21(16)25-15-14-23(3)17(25)2)22-20-9-6-5-8-18(20)12-13-24(22)4/h5-15,17H,1-4H3/q+1/t17-/m1/s1. The summed E-state index contributed by atoms with van der Waals surface area (Å²) in [5.41, 5.74) is 5.12. The molecule has 3 aromatic rings. The molecule has 1 aliphatic rings. The van der Waals surface area contributed by atoms with Crippen LogP contribution in [-0.2, 0) is 7.05 Å². The number of benzene rings is 2. The predicted molar refractivity (Wildman–Crippen MR) is 104 cm³/mol. The van der Waals surface area contributed by atoms with Crippen LogP contribution in [-0.4, -0.2) is 18.1 Å². The van der Waals surface area contributed by atoms with E-state index >= 15 is 0 Å². The third-order valence-corrected chi connectivity index (χ3v) is 5.34. The second kappa shape index (κ2) is 5.92. The first-order chi connectivity index (χ1) is 12.1. The van der Waals surface area contributed by atoms with Crippen LogP contribution in [0, 0.1) is 6.92 Å². The lowest BCUT2D eigenvalue weighted by Crippen LogP contribution is -2.34. The van der Waals surface area contributed by atoms with E-state index in [-0.39, 0.29) is 0 Å². The molecule has 3 nitrogen and oxygen atoms in total. The number of aromatic nitrogens is 1. The minimum atomic E-state index is 0.329. The van der Waals surface area contributed by atoms with Crippen molar-refractivity contribution >= 4 is 16.5 Å². The Morgan fingerprint density at radius 2 is 1.76 bits per heavy atom. The Morgan fingerprint density at radius 3 is 2.52 bits per heavy atom. The first-order valence-corrected chi connectivity index (χ1v) is 8.74. The maximum atomic E-state index is 2.34. The van der Waals surface area contributed by atoms with Gasteiger partial charge in [-0.05, 0) is 43.0 Å². The van der Waals surface area contributed by atoms with Gasteiger partial charge in [-0.15, -0.1) is 0 Å². The Morgan fingerprint density at radius 1 is 0.960 bits per heavy atom. The second-order valence-electron chi connectivity index (χ2n) is 6.81. The van der Waals surface area contributed by atoms with Crippen LogP contribution < -0.4 is 9.47 Å². The molecule has 0 unspecified atom stereocenters. The summed E-state index contributed by atoms with van der Waals surface area (Å²) in [6, 6.07) is 17.4. The lowest BCUT2D eigenvalue weighted by molar-refractivity contribution is -0.659. The van der Waals surface area contributed by atoms with Crippen LogP contribution in [0.1, 0.15) is 12.5 Å². The summed E-state index contributed by atoms with van der Waals surface area (Å²) in [6.07, 6.45) is 6.78.